The van der Waals surface area contributed by atoms with Crippen LogP contribution in [0.1, 0.15) is 37.8 Å². The number of rotatable bonds is 7. The molecule has 0 unspecified atom stereocenters. The first-order chi connectivity index (χ1) is 14.3. The highest BCUT2D eigenvalue weighted by Crippen LogP contribution is 2.38. The second kappa shape index (κ2) is 8.89. The molecule has 3 aromatic rings. The third-order valence-electron chi connectivity index (χ3n) is 5.23. The fourth-order valence-corrected chi connectivity index (χ4v) is 3.81. The summed E-state index contributed by atoms with van der Waals surface area (Å²) in [6, 6.07) is 9.09. The Labute approximate surface area is 181 Å². The fraction of sp³-hybridized carbons (Fsp3) is 0.364. The van der Waals surface area contributed by atoms with E-state index in [4.69, 9.17) is 12.2 Å². The number of aromatic hydroxyl groups is 2. The summed E-state index contributed by atoms with van der Waals surface area (Å²) in [5.74, 6) is 0.504. The third kappa shape index (κ3) is 4.06. The average molecular weight is 429 g/mol. The van der Waals surface area contributed by atoms with E-state index in [2.05, 4.69) is 17.1 Å². The Morgan fingerprint density at radius 2 is 1.90 bits per heavy atom. The van der Waals surface area contributed by atoms with Gasteiger partial charge in [0.15, 0.2) is 10.6 Å². The highest BCUT2D eigenvalue weighted by Gasteiger charge is 2.19. The summed E-state index contributed by atoms with van der Waals surface area (Å²) in [7, 11) is 1.94. The van der Waals surface area contributed by atoms with Gasteiger partial charge in [0.1, 0.15) is 11.5 Å². The summed E-state index contributed by atoms with van der Waals surface area (Å²) < 4.78 is 2.16. The molecule has 0 bridgehead atoms. The maximum Gasteiger partial charge on any atom is 0.200 e. The molecule has 1 aromatic heterocycles. The Hall–Kier alpha value is -2.84. The van der Waals surface area contributed by atoms with E-state index >= 15 is 0 Å². The van der Waals surface area contributed by atoms with Crippen molar-refractivity contribution in [1.29, 1.82) is 0 Å². The molecular weight excluding hydrogens is 400 g/mol. The minimum Gasteiger partial charge on any atom is -0.508 e. The zero-order valence-electron chi connectivity index (χ0n) is 17.7. The molecule has 8 heteroatoms. The number of benzene rings is 2. The van der Waals surface area contributed by atoms with Crippen molar-refractivity contribution in [3.63, 3.8) is 0 Å². The summed E-state index contributed by atoms with van der Waals surface area (Å²) in [5.41, 5.74) is 4.14. The van der Waals surface area contributed by atoms with Gasteiger partial charge in [0.05, 0.1) is 17.9 Å². The predicted octanol–water partition coefficient (Wildman–Crippen LogP) is 4.12. The van der Waals surface area contributed by atoms with Gasteiger partial charge >= 0.3 is 0 Å². The van der Waals surface area contributed by atoms with Gasteiger partial charge in [-0.1, -0.05) is 26.8 Å². The van der Waals surface area contributed by atoms with Crippen LogP contribution in [0, 0.1) is 4.77 Å². The third-order valence-corrected chi connectivity index (χ3v) is 5.51. The van der Waals surface area contributed by atoms with Crippen LogP contribution < -0.4 is 4.90 Å². The molecule has 0 aliphatic heterocycles. The van der Waals surface area contributed by atoms with E-state index in [1.54, 1.807) is 10.6 Å². The smallest absolute Gasteiger partial charge is 0.200 e. The second-order valence-electron chi connectivity index (χ2n) is 7.58. The molecule has 3 rings (SSSR count). The van der Waals surface area contributed by atoms with Crippen LogP contribution in [-0.2, 0) is 6.42 Å². The summed E-state index contributed by atoms with van der Waals surface area (Å²) in [5, 5.41) is 37.2. The zero-order chi connectivity index (χ0) is 22.0. The van der Waals surface area contributed by atoms with Gasteiger partial charge in [0, 0.05) is 25.3 Å². The molecule has 0 aliphatic rings. The number of phenols is 2. The first kappa shape index (κ1) is 21.9. The van der Waals surface area contributed by atoms with Crippen molar-refractivity contribution in [2.45, 2.75) is 33.1 Å². The molecule has 0 saturated carbocycles. The molecule has 0 amide bonds. The highest BCUT2D eigenvalue weighted by molar-refractivity contribution is 7.71. The lowest BCUT2D eigenvalue weighted by atomic mass is 9.98. The lowest BCUT2D eigenvalue weighted by molar-refractivity contribution is 0.304. The SMILES string of the molecule is CCc1ccc(-n2c(-c3cc(C(C)C)c(O)cc3O)n[nH]c2=S)cc1N(C)CCO. The van der Waals surface area contributed by atoms with Gasteiger partial charge in [-0.2, -0.15) is 5.10 Å². The second-order valence-corrected chi connectivity index (χ2v) is 7.97. The molecule has 2 aromatic carbocycles. The first-order valence-corrected chi connectivity index (χ1v) is 10.4. The Morgan fingerprint density at radius 3 is 2.53 bits per heavy atom. The number of anilines is 1. The van der Waals surface area contributed by atoms with Crippen LogP contribution in [0.2, 0.25) is 0 Å². The number of H-pyrrole nitrogens is 1. The van der Waals surface area contributed by atoms with E-state index < -0.39 is 0 Å². The number of aliphatic hydroxyl groups is 1. The molecule has 0 saturated heterocycles. The standard InChI is InChI=1S/C22H28N4O3S/c1-5-14-6-7-15(10-18(14)25(4)8-9-27)26-21(23-24-22(26)30)17-11-16(13(2)3)19(28)12-20(17)29/h6-7,10-13,27-29H,5,8-9H2,1-4H3,(H,24,30). The van der Waals surface area contributed by atoms with Crippen LogP contribution in [-0.4, -0.2) is 50.3 Å². The molecule has 0 atom stereocenters. The quantitative estimate of drug-likeness (QED) is 0.423. The van der Waals surface area contributed by atoms with E-state index in [9.17, 15) is 15.3 Å². The van der Waals surface area contributed by atoms with Crippen molar-refractivity contribution < 1.29 is 15.3 Å². The number of nitrogens with zero attached hydrogens (tertiary/aromatic N) is 3. The Kier molecular flexibility index (Phi) is 6.48. The van der Waals surface area contributed by atoms with Crippen LogP contribution >= 0.6 is 12.2 Å². The van der Waals surface area contributed by atoms with Crippen molar-refractivity contribution in [2.24, 2.45) is 0 Å². The van der Waals surface area contributed by atoms with E-state index in [0.717, 1.165) is 23.4 Å². The molecular formula is C22H28N4O3S. The van der Waals surface area contributed by atoms with Gasteiger partial charge in [-0.3, -0.25) is 9.67 Å². The van der Waals surface area contributed by atoms with E-state index in [1.807, 2.05) is 44.0 Å². The van der Waals surface area contributed by atoms with Gasteiger partial charge in [0.2, 0.25) is 0 Å². The summed E-state index contributed by atoms with van der Waals surface area (Å²) in [6.45, 7) is 6.60. The number of hydrogen-bond donors (Lipinski definition) is 4. The van der Waals surface area contributed by atoms with Crippen LogP contribution in [0.5, 0.6) is 11.5 Å². The summed E-state index contributed by atoms with van der Waals surface area (Å²) in [4.78, 5) is 2.00. The molecule has 0 aliphatic carbocycles. The monoisotopic (exact) mass is 428 g/mol. The van der Waals surface area contributed by atoms with Gasteiger partial charge in [-0.25, -0.2) is 0 Å². The molecule has 0 spiro atoms. The van der Waals surface area contributed by atoms with E-state index in [0.29, 0.717) is 28.3 Å². The van der Waals surface area contributed by atoms with Crippen LogP contribution in [0.15, 0.2) is 30.3 Å². The van der Waals surface area contributed by atoms with Crippen LogP contribution in [0.25, 0.3) is 17.1 Å². The molecule has 1 heterocycles. The maximum atomic E-state index is 10.5. The molecule has 0 fully saturated rings. The largest absolute Gasteiger partial charge is 0.508 e. The van der Waals surface area contributed by atoms with Gasteiger partial charge in [0.25, 0.3) is 0 Å². The van der Waals surface area contributed by atoms with Crippen molar-refractivity contribution in [3.8, 4) is 28.6 Å². The minimum absolute atomic E-state index is 0.0483. The molecule has 4 N–H and O–H groups in total. The Morgan fingerprint density at radius 1 is 1.17 bits per heavy atom. The topological polar surface area (TPSA) is 97.5 Å². The van der Waals surface area contributed by atoms with Crippen molar-refractivity contribution in [2.75, 3.05) is 25.1 Å². The number of likely N-dealkylation sites (N-methyl/N-ethyl adjacent to an activating group) is 1. The molecule has 7 nitrogen and oxygen atoms in total. The maximum absolute atomic E-state index is 10.5. The fourth-order valence-electron chi connectivity index (χ4n) is 3.57. The average Bonchev–Trinajstić information content (AvgIpc) is 3.08. The summed E-state index contributed by atoms with van der Waals surface area (Å²) in [6.07, 6.45) is 0.853. The molecule has 30 heavy (non-hydrogen) atoms. The normalized spacial score (nSPS) is 11.3. The summed E-state index contributed by atoms with van der Waals surface area (Å²) >= 11 is 5.49. The van der Waals surface area contributed by atoms with Crippen molar-refractivity contribution >= 4 is 17.9 Å². The lowest BCUT2D eigenvalue weighted by Crippen LogP contribution is -2.22. The Bertz CT molecular complexity index is 1100. The van der Waals surface area contributed by atoms with E-state index in [-0.39, 0.29) is 24.0 Å². The number of hydrogen-bond acceptors (Lipinski definition) is 6. The van der Waals surface area contributed by atoms with Crippen LogP contribution in [0.3, 0.4) is 0 Å². The lowest BCUT2D eigenvalue weighted by Gasteiger charge is -2.22. The van der Waals surface area contributed by atoms with Gasteiger partial charge in [-0.05, 0) is 53.9 Å². The number of aryl methyl sites for hydroxylation is 1. The molecule has 0 radical (unpaired) electrons. The highest BCUT2D eigenvalue weighted by atomic mass is 32.1. The minimum atomic E-state index is -0.0741. The number of nitrogens with one attached hydrogen (secondary N) is 1. The number of aromatic amines is 1. The molecule has 160 valence electrons. The van der Waals surface area contributed by atoms with Gasteiger partial charge in [-0.15, -0.1) is 0 Å². The van der Waals surface area contributed by atoms with Crippen molar-refractivity contribution in [1.82, 2.24) is 14.8 Å². The van der Waals surface area contributed by atoms with Crippen LogP contribution in [0.4, 0.5) is 5.69 Å². The number of aliphatic hydroxyl groups excluding tert-OH is 1. The first-order valence-electron chi connectivity index (χ1n) is 9.97. The predicted molar refractivity (Wildman–Crippen MR) is 121 cm³/mol. The zero-order valence-corrected chi connectivity index (χ0v) is 18.5. The van der Waals surface area contributed by atoms with Gasteiger partial charge < -0.3 is 20.2 Å². The number of phenolic OH excluding ortho intramolecular Hbond substituents is 2. The number of aromatic nitrogens is 3. The van der Waals surface area contributed by atoms with E-state index in [1.165, 1.54) is 6.07 Å². The van der Waals surface area contributed by atoms with Crippen molar-refractivity contribution in [3.05, 3.63) is 46.2 Å². The Balaban J connectivity index is 2.20.